The molecule has 1 aliphatic heterocycles. The van der Waals surface area contributed by atoms with E-state index in [2.05, 4.69) is 17.2 Å². The number of unbranched alkanes of at least 4 members (excludes halogenated alkanes) is 3. The van der Waals surface area contributed by atoms with Crippen LogP contribution in [0, 0.1) is 0 Å². The van der Waals surface area contributed by atoms with Gasteiger partial charge in [-0.05, 0) is 49.7 Å². The monoisotopic (exact) mass is 483 g/mol. The molecule has 1 aliphatic rings. The number of hydrogen-bond acceptors (Lipinski definition) is 6. The first-order valence-corrected chi connectivity index (χ1v) is 12.7. The molecule has 2 amide bonds. The number of ether oxygens (including phenoxy) is 2. The Balaban J connectivity index is 1.62. The number of rotatable bonds is 11. The quantitative estimate of drug-likeness (QED) is 0.197. The van der Waals surface area contributed by atoms with E-state index in [4.69, 9.17) is 9.47 Å². The van der Waals surface area contributed by atoms with Gasteiger partial charge in [-0.2, -0.15) is 0 Å². The van der Waals surface area contributed by atoms with Gasteiger partial charge in [0.1, 0.15) is 16.7 Å². The van der Waals surface area contributed by atoms with E-state index in [-0.39, 0.29) is 18.2 Å². The van der Waals surface area contributed by atoms with Crippen LogP contribution in [0.15, 0.2) is 53.5 Å². The third-order valence-corrected chi connectivity index (χ3v) is 6.45. The number of methoxy groups -OCH3 is 1. The molecule has 182 valence electrons. The number of thioether (sulfide) groups is 1. The lowest BCUT2D eigenvalue weighted by atomic mass is 10.2. The molecule has 0 saturated carbocycles. The van der Waals surface area contributed by atoms with Crippen LogP contribution in [0.25, 0.3) is 0 Å². The molecular weight excluding hydrogens is 450 g/mol. The van der Waals surface area contributed by atoms with E-state index < -0.39 is 5.25 Å². The van der Waals surface area contributed by atoms with Gasteiger partial charge in [-0.15, -0.1) is 0 Å². The second-order valence-electron chi connectivity index (χ2n) is 7.92. The van der Waals surface area contributed by atoms with Gasteiger partial charge in [0, 0.05) is 24.7 Å². The van der Waals surface area contributed by atoms with Crippen LogP contribution in [0.5, 0.6) is 11.5 Å². The Morgan fingerprint density at radius 2 is 1.88 bits per heavy atom. The summed E-state index contributed by atoms with van der Waals surface area (Å²) >= 11 is 1.28. The van der Waals surface area contributed by atoms with Crippen molar-refractivity contribution in [3.63, 3.8) is 0 Å². The molecule has 1 atom stereocenters. The summed E-state index contributed by atoms with van der Waals surface area (Å²) in [6.07, 6.45) is 4.69. The summed E-state index contributed by atoms with van der Waals surface area (Å²) < 4.78 is 11.0. The third kappa shape index (κ3) is 7.00. The van der Waals surface area contributed by atoms with Gasteiger partial charge >= 0.3 is 0 Å². The van der Waals surface area contributed by atoms with Gasteiger partial charge in [-0.1, -0.05) is 44.0 Å². The second kappa shape index (κ2) is 13.0. The van der Waals surface area contributed by atoms with Crippen molar-refractivity contribution >= 4 is 40.1 Å². The maximum Gasteiger partial charge on any atom is 0.247 e. The Labute approximate surface area is 205 Å². The number of amides is 2. The van der Waals surface area contributed by atoms with Crippen molar-refractivity contribution in [1.82, 2.24) is 0 Å². The van der Waals surface area contributed by atoms with Crippen molar-refractivity contribution in [2.75, 3.05) is 30.5 Å². The standard InChI is InChI=1S/C26H33N3O4S/c1-4-6-7-8-16-33-21-14-12-20(13-15-21)29-24(30)18-23(25(29)31)34-26(27-5-2)28-19-10-9-11-22(17-19)32-3/h9-15,17,23H,4-8,16,18H2,1-3H3,(H,27,28)/t23-/m1/s1. The first-order chi connectivity index (χ1) is 16.5. The number of nitrogens with one attached hydrogen (secondary N) is 1. The van der Waals surface area contributed by atoms with Crippen LogP contribution >= 0.6 is 11.8 Å². The molecule has 1 heterocycles. The van der Waals surface area contributed by atoms with Gasteiger partial charge in [0.05, 0.1) is 19.4 Å². The average molecular weight is 484 g/mol. The molecule has 34 heavy (non-hydrogen) atoms. The van der Waals surface area contributed by atoms with Crippen LogP contribution in [0.1, 0.15) is 46.0 Å². The molecule has 2 aromatic carbocycles. The fraction of sp³-hybridized carbons (Fsp3) is 0.423. The summed E-state index contributed by atoms with van der Waals surface area (Å²) in [4.78, 5) is 31.6. The van der Waals surface area contributed by atoms with E-state index in [1.54, 1.807) is 19.2 Å². The van der Waals surface area contributed by atoms with E-state index in [0.29, 0.717) is 24.0 Å². The van der Waals surface area contributed by atoms with E-state index in [9.17, 15) is 9.59 Å². The Hall–Kier alpha value is -3.00. The summed E-state index contributed by atoms with van der Waals surface area (Å²) in [5.74, 6) is 1.01. The van der Waals surface area contributed by atoms with Crippen molar-refractivity contribution < 1.29 is 19.1 Å². The number of carbonyl (C=O) groups is 2. The lowest BCUT2D eigenvalue weighted by Crippen LogP contribution is -2.31. The summed E-state index contributed by atoms with van der Waals surface area (Å²) in [6, 6.07) is 14.6. The molecule has 1 saturated heterocycles. The Kier molecular flexibility index (Phi) is 9.82. The number of hydrogen-bond donors (Lipinski definition) is 1. The SMILES string of the molecule is CCCCCCOc1ccc(N2C(=O)C[C@@H](SC(=NCC)Nc3cccc(OC)c3)C2=O)cc1. The van der Waals surface area contributed by atoms with Crippen LogP contribution in [0.2, 0.25) is 0 Å². The Morgan fingerprint density at radius 3 is 2.59 bits per heavy atom. The fourth-order valence-corrected chi connectivity index (χ4v) is 4.67. The van der Waals surface area contributed by atoms with E-state index in [1.807, 2.05) is 43.3 Å². The van der Waals surface area contributed by atoms with E-state index in [0.717, 1.165) is 30.0 Å². The molecular formula is C26H33N3O4S. The zero-order valence-electron chi connectivity index (χ0n) is 20.1. The zero-order valence-corrected chi connectivity index (χ0v) is 20.9. The summed E-state index contributed by atoms with van der Waals surface area (Å²) in [7, 11) is 1.61. The smallest absolute Gasteiger partial charge is 0.247 e. The highest BCUT2D eigenvalue weighted by molar-refractivity contribution is 8.15. The largest absolute Gasteiger partial charge is 0.497 e. The molecule has 3 rings (SSSR count). The zero-order chi connectivity index (χ0) is 24.3. The highest BCUT2D eigenvalue weighted by atomic mass is 32.2. The van der Waals surface area contributed by atoms with Gasteiger partial charge in [0.2, 0.25) is 11.8 Å². The molecule has 0 spiro atoms. The maximum absolute atomic E-state index is 13.1. The third-order valence-electron chi connectivity index (χ3n) is 5.34. The summed E-state index contributed by atoms with van der Waals surface area (Å²) in [5.41, 5.74) is 1.36. The fourth-order valence-electron chi connectivity index (χ4n) is 3.59. The van der Waals surface area contributed by atoms with Crippen molar-refractivity contribution in [3.8, 4) is 11.5 Å². The number of anilines is 2. The van der Waals surface area contributed by atoms with Crippen molar-refractivity contribution in [2.24, 2.45) is 4.99 Å². The summed E-state index contributed by atoms with van der Waals surface area (Å²) in [6.45, 7) is 5.32. The van der Waals surface area contributed by atoms with Crippen LogP contribution < -0.4 is 19.7 Å². The van der Waals surface area contributed by atoms with Crippen LogP contribution in [0.4, 0.5) is 11.4 Å². The first-order valence-electron chi connectivity index (χ1n) is 11.8. The van der Waals surface area contributed by atoms with Crippen LogP contribution in [-0.4, -0.2) is 42.5 Å². The van der Waals surface area contributed by atoms with Gasteiger partial charge in [-0.3, -0.25) is 14.6 Å². The number of benzene rings is 2. The molecule has 2 aromatic rings. The lowest BCUT2D eigenvalue weighted by molar-refractivity contribution is -0.121. The number of imide groups is 1. The molecule has 0 aliphatic carbocycles. The van der Waals surface area contributed by atoms with Crippen molar-refractivity contribution in [2.45, 2.75) is 51.2 Å². The molecule has 7 nitrogen and oxygen atoms in total. The second-order valence-corrected chi connectivity index (χ2v) is 9.11. The van der Waals surface area contributed by atoms with E-state index in [1.165, 1.54) is 29.5 Å². The van der Waals surface area contributed by atoms with Gasteiger partial charge in [-0.25, -0.2) is 4.90 Å². The van der Waals surface area contributed by atoms with Crippen molar-refractivity contribution in [3.05, 3.63) is 48.5 Å². The average Bonchev–Trinajstić information content (AvgIpc) is 3.12. The normalized spacial score (nSPS) is 16.1. The van der Waals surface area contributed by atoms with Crippen LogP contribution in [0.3, 0.4) is 0 Å². The minimum Gasteiger partial charge on any atom is -0.497 e. The molecule has 1 fully saturated rings. The lowest BCUT2D eigenvalue weighted by Gasteiger charge is -2.16. The van der Waals surface area contributed by atoms with E-state index >= 15 is 0 Å². The van der Waals surface area contributed by atoms with Gasteiger partial charge in [0.15, 0.2) is 5.17 Å². The predicted molar refractivity (Wildman–Crippen MR) is 139 cm³/mol. The highest BCUT2D eigenvalue weighted by Crippen LogP contribution is 2.32. The molecule has 8 heteroatoms. The van der Waals surface area contributed by atoms with Gasteiger partial charge < -0.3 is 14.8 Å². The summed E-state index contributed by atoms with van der Waals surface area (Å²) in [5, 5.41) is 3.30. The molecule has 0 bridgehead atoms. The first kappa shape index (κ1) is 25.6. The number of aliphatic imine (C=N–C) groups is 1. The minimum atomic E-state index is -0.537. The molecule has 1 N–H and O–H groups in total. The highest BCUT2D eigenvalue weighted by Gasteiger charge is 2.40. The van der Waals surface area contributed by atoms with Crippen molar-refractivity contribution in [1.29, 1.82) is 0 Å². The Morgan fingerprint density at radius 1 is 1.09 bits per heavy atom. The number of amidine groups is 1. The van der Waals surface area contributed by atoms with Crippen LogP contribution in [-0.2, 0) is 9.59 Å². The topological polar surface area (TPSA) is 80.2 Å². The van der Waals surface area contributed by atoms with Gasteiger partial charge in [0.25, 0.3) is 0 Å². The Bertz CT molecular complexity index is 994. The molecule has 0 radical (unpaired) electrons. The maximum atomic E-state index is 13.1. The minimum absolute atomic E-state index is 0.127. The number of carbonyl (C=O) groups excluding carboxylic acids is 2. The predicted octanol–water partition coefficient (Wildman–Crippen LogP) is 5.51. The molecule has 0 aromatic heterocycles. The molecule has 0 unspecified atom stereocenters. The number of nitrogens with zero attached hydrogens (tertiary/aromatic N) is 2.